The summed E-state index contributed by atoms with van der Waals surface area (Å²) < 4.78 is 7.48. The Morgan fingerprint density at radius 3 is 2.67 bits per heavy atom. The molecule has 2 aliphatic rings. The van der Waals surface area contributed by atoms with E-state index in [-0.39, 0.29) is 35.2 Å². The third-order valence-electron chi connectivity index (χ3n) is 6.59. The third kappa shape index (κ3) is 5.56. The average Bonchev–Trinajstić information content (AvgIpc) is 3.68. The molecule has 13 heteroatoms. The minimum Gasteiger partial charge on any atom is -0.494 e. The number of nitrogens with one attached hydrogen (secondary N) is 3. The van der Waals surface area contributed by atoms with Gasteiger partial charge < -0.3 is 25.6 Å². The molecule has 3 heterocycles. The number of para-hydroxylation sites is 1. The van der Waals surface area contributed by atoms with Crippen molar-refractivity contribution in [3.8, 4) is 17.1 Å². The van der Waals surface area contributed by atoms with Gasteiger partial charge in [0.25, 0.3) is 5.91 Å². The molecule has 1 aromatic carbocycles. The van der Waals surface area contributed by atoms with Gasteiger partial charge in [-0.2, -0.15) is 5.10 Å². The summed E-state index contributed by atoms with van der Waals surface area (Å²) in [5, 5.41) is 21.2. The molecule has 202 valence electrons. The number of hydrogen-bond acceptors (Lipinski definition) is 9. The van der Waals surface area contributed by atoms with Crippen LogP contribution in [0.15, 0.2) is 43.2 Å². The number of hydrogen-bond donors (Lipinski definition) is 3. The van der Waals surface area contributed by atoms with Gasteiger partial charge in [0.05, 0.1) is 24.0 Å². The molecule has 1 saturated carbocycles. The molecule has 3 amide bonds. The maximum atomic E-state index is 12.5. The molecule has 39 heavy (non-hydrogen) atoms. The van der Waals surface area contributed by atoms with Crippen molar-refractivity contribution >= 4 is 34.9 Å². The van der Waals surface area contributed by atoms with Gasteiger partial charge in [-0.05, 0) is 31.1 Å². The van der Waals surface area contributed by atoms with Crippen LogP contribution in [0.1, 0.15) is 23.3 Å². The summed E-state index contributed by atoms with van der Waals surface area (Å²) in [6.07, 6.45) is 4.67. The lowest BCUT2D eigenvalue weighted by molar-refractivity contribution is -0.132. The van der Waals surface area contributed by atoms with Crippen LogP contribution in [0.5, 0.6) is 5.75 Å². The van der Waals surface area contributed by atoms with Crippen molar-refractivity contribution < 1.29 is 19.1 Å². The summed E-state index contributed by atoms with van der Waals surface area (Å²) in [6.45, 7) is 5.45. The highest BCUT2D eigenvalue weighted by Gasteiger charge is 2.31. The molecule has 5 rings (SSSR count). The van der Waals surface area contributed by atoms with Crippen LogP contribution in [0.2, 0.25) is 0 Å². The van der Waals surface area contributed by atoms with Crippen LogP contribution in [0.25, 0.3) is 11.4 Å². The molecular weight excluding hydrogens is 502 g/mol. The first kappa shape index (κ1) is 25.8. The zero-order valence-electron chi connectivity index (χ0n) is 21.7. The van der Waals surface area contributed by atoms with Gasteiger partial charge >= 0.3 is 0 Å². The fourth-order valence-electron chi connectivity index (χ4n) is 4.35. The first-order valence-corrected chi connectivity index (χ1v) is 12.6. The first-order valence-electron chi connectivity index (χ1n) is 12.6. The lowest BCUT2D eigenvalue weighted by Gasteiger charge is -2.38. The highest BCUT2D eigenvalue weighted by atomic mass is 16.5. The Morgan fingerprint density at radius 1 is 1.18 bits per heavy atom. The molecule has 0 atom stereocenters. The Balaban J connectivity index is 1.37. The number of anilines is 3. The second-order valence-corrected chi connectivity index (χ2v) is 9.45. The van der Waals surface area contributed by atoms with Crippen molar-refractivity contribution in [1.82, 2.24) is 35.2 Å². The van der Waals surface area contributed by atoms with Crippen LogP contribution in [-0.2, 0) is 16.1 Å². The standard InChI is InChI=1S/C26H29N9O4/c1-4-21(36)34-11-15(12-34)13-35-14-28-24(33-35)17-6-5-7-18(23(17)39-3)29-19-10-20(30-25(37)16-8-9-16)31-32-22(19)26(38)27-2/h4-7,10,14-16H,1,8-9,11-13H2,2-3H3,(H,27,38)(H2,29,30,31,37). The van der Waals surface area contributed by atoms with E-state index in [0.29, 0.717) is 48.1 Å². The number of nitrogens with zero attached hydrogens (tertiary/aromatic N) is 6. The molecule has 1 aliphatic carbocycles. The highest BCUT2D eigenvalue weighted by molar-refractivity contribution is 6.00. The van der Waals surface area contributed by atoms with Crippen molar-refractivity contribution in [2.45, 2.75) is 19.4 Å². The Kier molecular flexibility index (Phi) is 7.21. The van der Waals surface area contributed by atoms with E-state index in [1.165, 1.54) is 20.2 Å². The molecule has 1 saturated heterocycles. The summed E-state index contributed by atoms with van der Waals surface area (Å²) >= 11 is 0. The normalized spacial score (nSPS) is 14.8. The number of benzene rings is 1. The minimum absolute atomic E-state index is 0.0104. The zero-order valence-corrected chi connectivity index (χ0v) is 21.7. The number of ether oxygens (including phenoxy) is 1. The molecule has 0 spiro atoms. The third-order valence-corrected chi connectivity index (χ3v) is 6.59. The number of carbonyl (C=O) groups excluding carboxylic acids is 3. The molecule has 0 unspecified atom stereocenters. The monoisotopic (exact) mass is 531 g/mol. The van der Waals surface area contributed by atoms with E-state index in [9.17, 15) is 14.4 Å². The fraction of sp³-hybridized carbons (Fsp3) is 0.346. The molecule has 13 nitrogen and oxygen atoms in total. The van der Waals surface area contributed by atoms with Gasteiger partial charge in [0.15, 0.2) is 23.1 Å². The van der Waals surface area contributed by atoms with E-state index in [4.69, 9.17) is 4.74 Å². The average molecular weight is 532 g/mol. The van der Waals surface area contributed by atoms with Crippen molar-refractivity contribution in [1.29, 1.82) is 0 Å². The zero-order chi connectivity index (χ0) is 27.5. The Bertz CT molecular complexity index is 1430. The molecule has 0 radical (unpaired) electrons. The van der Waals surface area contributed by atoms with Crippen LogP contribution in [0, 0.1) is 11.8 Å². The van der Waals surface area contributed by atoms with Crippen molar-refractivity contribution in [3.63, 3.8) is 0 Å². The van der Waals surface area contributed by atoms with E-state index in [1.807, 2.05) is 12.1 Å². The van der Waals surface area contributed by atoms with Crippen molar-refractivity contribution in [2.24, 2.45) is 11.8 Å². The summed E-state index contributed by atoms with van der Waals surface area (Å²) in [5.41, 5.74) is 1.58. The Labute approximate surface area is 224 Å². The molecule has 2 aromatic heterocycles. The van der Waals surface area contributed by atoms with Gasteiger partial charge in [0.1, 0.15) is 6.33 Å². The number of amides is 3. The SMILES string of the molecule is C=CC(=O)N1CC(Cn2cnc(-c3cccc(Nc4cc(NC(=O)C5CC5)nnc4C(=O)NC)c3OC)n2)C1. The van der Waals surface area contributed by atoms with Gasteiger partial charge in [0.2, 0.25) is 11.8 Å². The van der Waals surface area contributed by atoms with Crippen LogP contribution < -0.4 is 20.7 Å². The van der Waals surface area contributed by atoms with E-state index < -0.39 is 5.91 Å². The number of carbonyl (C=O) groups is 3. The van der Waals surface area contributed by atoms with Crippen LogP contribution in [-0.4, -0.2) is 74.8 Å². The highest BCUT2D eigenvalue weighted by Crippen LogP contribution is 2.37. The fourth-order valence-corrected chi connectivity index (χ4v) is 4.35. The second kappa shape index (κ2) is 10.9. The van der Waals surface area contributed by atoms with Crippen LogP contribution in [0.4, 0.5) is 17.2 Å². The predicted octanol–water partition coefficient (Wildman–Crippen LogP) is 1.84. The van der Waals surface area contributed by atoms with E-state index in [0.717, 1.165) is 12.8 Å². The van der Waals surface area contributed by atoms with Crippen molar-refractivity contribution in [2.75, 3.05) is 37.9 Å². The Morgan fingerprint density at radius 2 is 1.97 bits per heavy atom. The topological polar surface area (TPSA) is 156 Å². The molecule has 0 bridgehead atoms. The van der Waals surface area contributed by atoms with Gasteiger partial charge in [0, 0.05) is 44.6 Å². The summed E-state index contributed by atoms with van der Waals surface area (Å²) in [5.74, 6) is 0.813. The maximum Gasteiger partial charge on any atom is 0.273 e. The second-order valence-electron chi connectivity index (χ2n) is 9.45. The lowest BCUT2D eigenvalue weighted by Crippen LogP contribution is -2.50. The Hall–Kier alpha value is -4.81. The quantitative estimate of drug-likeness (QED) is 0.332. The lowest BCUT2D eigenvalue weighted by atomic mass is 10.0. The first-order chi connectivity index (χ1) is 18.9. The summed E-state index contributed by atoms with van der Waals surface area (Å²) in [7, 11) is 3.03. The molecule has 3 N–H and O–H groups in total. The maximum absolute atomic E-state index is 12.5. The number of likely N-dealkylation sites (tertiary alicyclic amines) is 1. The largest absolute Gasteiger partial charge is 0.494 e. The minimum atomic E-state index is -0.440. The molecule has 3 aromatic rings. The molecule has 1 aliphatic heterocycles. The number of methoxy groups -OCH3 is 1. The van der Waals surface area contributed by atoms with Gasteiger partial charge in [-0.25, -0.2) is 4.98 Å². The van der Waals surface area contributed by atoms with Crippen LogP contribution in [0.3, 0.4) is 0 Å². The summed E-state index contributed by atoms with van der Waals surface area (Å²) in [6, 6.07) is 7.00. The number of aromatic nitrogens is 5. The van der Waals surface area contributed by atoms with E-state index in [2.05, 4.69) is 42.8 Å². The predicted molar refractivity (Wildman–Crippen MR) is 142 cm³/mol. The van der Waals surface area contributed by atoms with Crippen LogP contribution >= 0.6 is 0 Å². The van der Waals surface area contributed by atoms with Crippen molar-refractivity contribution in [3.05, 3.63) is 48.9 Å². The smallest absolute Gasteiger partial charge is 0.273 e. The van der Waals surface area contributed by atoms with Gasteiger partial charge in [-0.1, -0.05) is 12.6 Å². The van der Waals surface area contributed by atoms with Gasteiger partial charge in [-0.3, -0.25) is 19.1 Å². The van der Waals surface area contributed by atoms with Gasteiger partial charge in [-0.15, -0.1) is 10.2 Å². The molecular formula is C26H29N9O4. The number of rotatable bonds is 10. The summed E-state index contributed by atoms with van der Waals surface area (Å²) in [4.78, 5) is 42.6. The van der Waals surface area contributed by atoms with E-state index >= 15 is 0 Å². The molecule has 2 fully saturated rings. The van der Waals surface area contributed by atoms with E-state index in [1.54, 1.807) is 28.0 Å².